The second-order valence-corrected chi connectivity index (χ2v) is 4.71. The Morgan fingerprint density at radius 3 is 2.78 bits per heavy atom. The van der Waals surface area contributed by atoms with Crippen LogP contribution in [0.4, 0.5) is 5.69 Å². The van der Waals surface area contributed by atoms with Crippen LogP contribution in [0.25, 0.3) is 0 Å². The molecule has 0 aliphatic heterocycles. The zero-order chi connectivity index (χ0) is 13.7. The van der Waals surface area contributed by atoms with Gasteiger partial charge < -0.3 is 4.57 Å². The predicted octanol–water partition coefficient (Wildman–Crippen LogP) is 2.28. The van der Waals surface area contributed by atoms with Gasteiger partial charge in [-0.1, -0.05) is 6.92 Å². The second kappa shape index (κ2) is 6.44. The van der Waals surface area contributed by atoms with Crippen LogP contribution in [0.1, 0.15) is 26.2 Å². The molecule has 0 radical (unpaired) electrons. The zero-order valence-electron chi connectivity index (χ0n) is 9.89. The number of aryl methyl sites for hydroxylation is 1. The fourth-order valence-corrected chi connectivity index (χ4v) is 1.97. The van der Waals surface area contributed by atoms with Crippen LogP contribution in [0.3, 0.4) is 0 Å². The Kier molecular flexibility index (Phi) is 5.21. The van der Waals surface area contributed by atoms with Crippen molar-refractivity contribution in [1.29, 1.82) is 0 Å². The van der Waals surface area contributed by atoms with Crippen molar-refractivity contribution in [3.8, 4) is 0 Å². The molecule has 98 valence electrons. The van der Waals surface area contributed by atoms with Crippen LogP contribution in [0.5, 0.6) is 0 Å². The summed E-state index contributed by atoms with van der Waals surface area (Å²) in [5.41, 5.74) is -1.11. The van der Waals surface area contributed by atoms with E-state index in [1.807, 2.05) is 0 Å². The Hall–Kier alpha value is -1.50. The molecule has 0 aromatic carbocycles. The second-order valence-electron chi connectivity index (χ2n) is 3.80. The largest absolute Gasteiger partial charge is 0.335 e. The van der Waals surface area contributed by atoms with E-state index in [1.165, 1.54) is 16.8 Å². The van der Waals surface area contributed by atoms with E-state index >= 15 is 0 Å². The maximum Gasteiger partial charge on any atom is 0.335 e. The molecule has 0 atom stereocenters. The van der Waals surface area contributed by atoms with Crippen molar-refractivity contribution in [2.45, 2.75) is 32.7 Å². The highest BCUT2D eigenvalue weighted by molar-refractivity contribution is 9.10. The van der Waals surface area contributed by atoms with E-state index in [-0.39, 0.29) is 5.78 Å². The van der Waals surface area contributed by atoms with Gasteiger partial charge in [-0.3, -0.25) is 19.7 Å². The van der Waals surface area contributed by atoms with Gasteiger partial charge in [0.05, 0.1) is 4.92 Å². The van der Waals surface area contributed by atoms with Crippen molar-refractivity contribution >= 4 is 27.4 Å². The molecular formula is C11H13BrN2O4. The lowest BCUT2D eigenvalue weighted by molar-refractivity contribution is -0.386. The van der Waals surface area contributed by atoms with Crippen LogP contribution in [0.2, 0.25) is 0 Å². The van der Waals surface area contributed by atoms with Crippen molar-refractivity contribution in [2.24, 2.45) is 0 Å². The molecule has 7 heteroatoms. The van der Waals surface area contributed by atoms with Crippen LogP contribution in [-0.4, -0.2) is 15.3 Å². The molecule has 0 saturated carbocycles. The Balaban J connectivity index is 2.86. The molecule has 0 aliphatic rings. The van der Waals surface area contributed by atoms with E-state index in [4.69, 9.17) is 0 Å². The first-order chi connectivity index (χ1) is 8.45. The average Bonchev–Trinajstić information content (AvgIpc) is 2.32. The minimum absolute atomic E-state index is 0.118. The highest BCUT2D eigenvalue weighted by Gasteiger charge is 2.15. The fraction of sp³-hybridized carbons (Fsp3) is 0.455. The molecule has 0 spiro atoms. The van der Waals surface area contributed by atoms with E-state index in [2.05, 4.69) is 15.9 Å². The highest BCUT2D eigenvalue weighted by atomic mass is 79.9. The topological polar surface area (TPSA) is 82.2 Å². The molecule has 1 aromatic rings. The minimum atomic E-state index is -0.708. The molecule has 0 aliphatic carbocycles. The minimum Gasteiger partial charge on any atom is -0.308 e. The third-order valence-corrected chi connectivity index (χ3v) is 2.91. The Bertz CT molecular complexity index is 524. The van der Waals surface area contributed by atoms with Gasteiger partial charge in [-0.25, -0.2) is 0 Å². The lowest BCUT2D eigenvalue weighted by Gasteiger charge is -2.05. The molecule has 6 nitrogen and oxygen atoms in total. The number of hydrogen-bond acceptors (Lipinski definition) is 4. The van der Waals surface area contributed by atoms with Gasteiger partial charge in [0, 0.05) is 36.1 Å². The van der Waals surface area contributed by atoms with Gasteiger partial charge in [-0.2, -0.15) is 0 Å². The lowest BCUT2D eigenvalue weighted by atomic mass is 10.2. The number of carbonyl (C=O) groups excluding carboxylic acids is 1. The molecular weight excluding hydrogens is 304 g/mol. The van der Waals surface area contributed by atoms with Crippen LogP contribution >= 0.6 is 15.9 Å². The zero-order valence-corrected chi connectivity index (χ0v) is 11.5. The number of pyridine rings is 1. The molecule has 18 heavy (non-hydrogen) atoms. The molecule has 1 rings (SSSR count). The van der Waals surface area contributed by atoms with E-state index < -0.39 is 16.2 Å². The summed E-state index contributed by atoms with van der Waals surface area (Å²) in [4.78, 5) is 32.8. The van der Waals surface area contributed by atoms with Gasteiger partial charge in [0.1, 0.15) is 5.78 Å². The Morgan fingerprint density at radius 2 is 2.22 bits per heavy atom. The summed E-state index contributed by atoms with van der Waals surface area (Å²) < 4.78 is 1.72. The first-order valence-corrected chi connectivity index (χ1v) is 6.31. The number of Topliss-reactive ketones (excluding diaryl/α,β-unsaturated/α-hetero) is 1. The number of nitro groups is 1. The quantitative estimate of drug-likeness (QED) is 0.595. The van der Waals surface area contributed by atoms with Gasteiger partial charge in [0.25, 0.3) is 0 Å². The van der Waals surface area contributed by atoms with Crippen molar-refractivity contribution in [3.05, 3.63) is 37.2 Å². The molecule has 0 N–H and O–H groups in total. The van der Waals surface area contributed by atoms with Crippen LogP contribution in [0.15, 0.2) is 21.5 Å². The first-order valence-electron chi connectivity index (χ1n) is 5.51. The SMILES string of the molecule is CCC(=O)CCCn1cc(Br)cc([N+](=O)[O-])c1=O. The average molecular weight is 317 g/mol. The van der Waals surface area contributed by atoms with E-state index in [0.717, 1.165) is 0 Å². The third-order valence-electron chi connectivity index (χ3n) is 2.48. The van der Waals surface area contributed by atoms with Crippen molar-refractivity contribution in [2.75, 3.05) is 0 Å². The molecule has 0 fully saturated rings. The fourth-order valence-electron chi connectivity index (χ4n) is 1.50. The van der Waals surface area contributed by atoms with Gasteiger partial charge in [-0.05, 0) is 22.4 Å². The maximum absolute atomic E-state index is 11.7. The summed E-state index contributed by atoms with van der Waals surface area (Å²) in [5, 5.41) is 10.7. The summed E-state index contributed by atoms with van der Waals surface area (Å²) in [5.74, 6) is 0.118. The smallest absolute Gasteiger partial charge is 0.308 e. The Labute approximate surface area is 112 Å². The first kappa shape index (κ1) is 14.6. The number of aromatic nitrogens is 1. The number of hydrogen-bond donors (Lipinski definition) is 0. The lowest BCUT2D eigenvalue weighted by Crippen LogP contribution is -2.22. The maximum atomic E-state index is 11.7. The molecule has 0 unspecified atom stereocenters. The summed E-state index contributed by atoms with van der Waals surface area (Å²) in [6.45, 7) is 2.07. The predicted molar refractivity (Wildman–Crippen MR) is 69.6 cm³/mol. The number of nitrogens with zero attached hydrogens (tertiary/aromatic N) is 2. The van der Waals surface area contributed by atoms with E-state index in [0.29, 0.717) is 30.3 Å². The van der Waals surface area contributed by atoms with Crippen molar-refractivity contribution in [3.63, 3.8) is 0 Å². The Morgan fingerprint density at radius 1 is 1.56 bits per heavy atom. The van der Waals surface area contributed by atoms with Crippen molar-refractivity contribution < 1.29 is 9.72 Å². The molecule has 1 aromatic heterocycles. The third kappa shape index (κ3) is 3.76. The van der Waals surface area contributed by atoms with E-state index in [9.17, 15) is 19.7 Å². The summed E-state index contributed by atoms with van der Waals surface area (Å²) in [7, 11) is 0. The molecule has 0 bridgehead atoms. The monoisotopic (exact) mass is 316 g/mol. The number of halogens is 1. The highest BCUT2D eigenvalue weighted by Crippen LogP contribution is 2.14. The summed E-state index contributed by atoms with van der Waals surface area (Å²) >= 11 is 3.12. The van der Waals surface area contributed by atoms with E-state index in [1.54, 1.807) is 6.92 Å². The molecule has 1 heterocycles. The van der Waals surface area contributed by atoms with Gasteiger partial charge >= 0.3 is 11.2 Å². The standard InChI is InChI=1S/C11H13BrN2O4/c1-2-9(15)4-3-5-13-7-8(12)6-10(11(13)16)14(17)18/h6-7H,2-5H2,1H3. The number of carbonyl (C=O) groups is 1. The summed E-state index contributed by atoms with van der Waals surface area (Å²) in [6, 6.07) is 1.18. The normalized spacial score (nSPS) is 10.3. The van der Waals surface area contributed by atoms with Crippen molar-refractivity contribution in [1.82, 2.24) is 4.57 Å². The van der Waals surface area contributed by atoms with Crippen LogP contribution in [-0.2, 0) is 11.3 Å². The number of ketones is 1. The van der Waals surface area contributed by atoms with Gasteiger partial charge in [0.15, 0.2) is 0 Å². The van der Waals surface area contributed by atoms with Gasteiger partial charge in [-0.15, -0.1) is 0 Å². The van der Waals surface area contributed by atoms with Crippen LogP contribution < -0.4 is 5.56 Å². The molecule has 0 amide bonds. The van der Waals surface area contributed by atoms with Crippen LogP contribution in [0, 0.1) is 10.1 Å². The molecule has 0 saturated heterocycles. The van der Waals surface area contributed by atoms with Gasteiger partial charge in [0.2, 0.25) is 0 Å². The number of rotatable bonds is 6. The summed E-state index contributed by atoms with van der Waals surface area (Å²) in [6.07, 6.45) is 2.84.